The molecule has 8 heteroatoms. The molecule has 1 fully saturated rings. The largest absolute Gasteiger partial charge is 0.507 e. The highest BCUT2D eigenvalue weighted by atomic mass is 35.5. The fraction of sp³-hybridized carbons (Fsp3) is 0.120. The van der Waals surface area contributed by atoms with Gasteiger partial charge in [0.1, 0.15) is 11.5 Å². The van der Waals surface area contributed by atoms with Gasteiger partial charge in [-0.15, -0.1) is 0 Å². The van der Waals surface area contributed by atoms with Gasteiger partial charge in [-0.1, -0.05) is 58.6 Å². The first-order valence-electron chi connectivity index (χ1n) is 9.89. The van der Waals surface area contributed by atoms with Crippen LogP contribution in [0.15, 0.2) is 66.2 Å². The molecule has 1 N–H and O–H groups in total. The standard InChI is InChI=1S/C25H18Cl3NO4/c1-13-3-7-16(8-4-13)29-22(14-5-9-18(27)19(28)11-14)21(24(31)25(29)32)23(30)17-12-15(26)6-10-20(17)33-2/h3-12,22,30H,1-2H3/b23-21+. The molecule has 1 aliphatic heterocycles. The zero-order valence-electron chi connectivity index (χ0n) is 17.6. The fourth-order valence-corrected chi connectivity index (χ4v) is 4.29. The van der Waals surface area contributed by atoms with Crippen LogP contribution in [-0.4, -0.2) is 23.9 Å². The molecule has 3 aromatic carbocycles. The highest BCUT2D eigenvalue weighted by molar-refractivity contribution is 6.52. The van der Waals surface area contributed by atoms with Crippen molar-refractivity contribution in [1.82, 2.24) is 0 Å². The van der Waals surface area contributed by atoms with E-state index in [1.807, 2.05) is 19.1 Å². The molecular weight excluding hydrogens is 485 g/mol. The number of hydrogen-bond donors (Lipinski definition) is 1. The Morgan fingerprint density at radius 2 is 1.64 bits per heavy atom. The van der Waals surface area contributed by atoms with E-state index in [4.69, 9.17) is 39.5 Å². The zero-order chi connectivity index (χ0) is 23.9. The van der Waals surface area contributed by atoms with Crippen molar-refractivity contribution < 1.29 is 19.4 Å². The number of hydrogen-bond acceptors (Lipinski definition) is 4. The molecule has 0 aromatic heterocycles. The second-order valence-electron chi connectivity index (χ2n) is 7.52. The molecule has 168 valence electrons. The Bertz CT molecular complexity index is 1300. The highest BCUT2D eigenvalue weighted by Crippen LogP contribution is 2.44. The summed E-state index contributed by atoms with van der Waals surface area (Å²) in [4.78, 5) is 27.8. The number of halogens is 3. The lowest BCUT2D eigenvalue weighted by Crippen LogP contribution is -2.29. The Kier molecular flexibility index (Phi) is 6.39. The minimum absolute atomic E-state index is 0.112. The predicted octanol–water partition coefficient (Wildman–Crippen LogP) is 6.59. The number of anilines is 1. The maximum absolute atomic E-state index is 13.2. The average molecular weight is 503 g/mol. The Morgan fingerprint density at radius 1 is 0.939 bits per heavy atom. The number of ether oxygens (including phenoxy) is 1. The molecule has 0 radical (unpaired) electrons. The number of Topliss-reactive ketones (excluding diaryl/α,β-unsaturated/α-hetero) is 1. The van der Waals surface area contributed by atoms with Gasteiger partial charge in [0.15, 0.2) is 0 Å². The second kappa shape index (κ2) is 9.10. The third-order valence-electron chi connectivity index (χ3n) is 5.43. The third-order valence-corrected chi connectivity index (χ3v) is 6.41. The number of carbonyl (C=O) groups is 2. The molecule has 0 saturated carbocycles. The topological polar surface area (TPSA) is 66.8 Å². The molecule has 4 rings (SSSR count). The van der Waals surface area contributed by atoms with Gasteiger partial charge in [-0.25, -0.2) is 0 Å². The van der Waals surface area contributed by atoms with Gasteiger partial charge in [0, 0.05) is 10.7 Å². The van der Waals surface area contributed by atoms with Crippen LogP contribution < -0.4 is 9.64 Å². The molecule has 3 aromatic rings. The van der Waals surface area contributed by atoms with Crippen LogP contribution in [0.1, 0.15) is 22.7 Å². The molecule has 1 saturated heterocycles. The van der Waals surface area contributed by atoms with Gasteiger partial charge in [-0.2, -0.15) is 0 Å². The lowest BCUT2D eigenvalue weighted by molar-refractivity contribution is -0.132. The van der Waals surface area contributed by atoms with E-state index in [9.17, 15) is 14.7 Å². The van der Waals surface area contributed by atoms with E-state index >= 15 is 0 Å². The summed E-state index contributed by atoms with van der Waals surface area (Å²) in [7, 11) is 1.43. The summed E-state index contributed by atoms with van der Waals surface area (Å²) in [5, 5.41) is 12.2. The number of aliphatic hydroxyl groups excluding tert-OH is 1. The van der Waals surface area contributed by atoms with Crippen LogP contribution in [0.3, 0.4) is 0 Å². The van der Waals surface area contributed by atoms with Gasteiger partial charge in [0.2, 0.25) is 0 Å². The van der Waals surface area contributed by atoms with Crippen molar-refractivity contribution in [2.24, 2.45) is 0 Å². The summed E-state index contributed by atoms with van der Waals surface area (Å²) in [5.74, 6) is -1.73. The fourth-order valence-electron chi connectivity index (χ4n) is 3.81. The van der Waals surface area contributed by atoms with E-state index in [-0.39, 0.29) is 16.2 Å². The predicted molar refractivity (Wildman–Crippen MR) is 130 cm³/mol. The molecule has 1 heterocycles. The SMILES string of the molecule is COc1ccc(Cl)cc1/C(O)=C1\C(=O)C(=O)N(c2ccc(C)cc2)C1c1ccc(Cl)c(Cl)c1. The van der Waals surface area contributed by atoms with E-state index in [1.54, 1.807) is 42.5 Å². The summed E-state index contributed by atoms with van der Waals surface area (Å²) < 4.78 is 5.34. The number of ketones is 1. The number of carbonyl (C=O) groups excluding carboxylic acids is 2. The van der Waals surface area contributed by atoms with Crippen LogP contribution in [0.25, 0.3) is 5.76 Å². The highest BCUT2D eigenvalue weighted by Gasteiger charge is 2.47. The van der Waals surface area contributed by atoms with Gasteiger partial charge >= 0.3 is 0 Å². The molecule has 5 nitrogen and oxygen atoms in total. The molecule has 33 heavy (non-hydrogen) atoms. The van der Waals surface area contributed by atoms with Crippen LogP contribution in [-0.2, 0) is 9.59 Å². The minimum Gasteiger partial charge on any atom is -0.507 e. The van der Waals surface area contributed by atoms with Gasteiger partial charge in [0.05, 0.1) is 34.3 Å². The number of amides is 1. The van der Waals surface area contributed by atoms with Crippen LogP contribution in [0.2, 0.25) is 15.1 Å². The maximum atomic E-state index is 13.2. The monoisotopic (exact) mass is 501 g/mol. The van der Waals surface area contributed by atoms with Crippen LogP contribution in [0.4, 0.5) is 5.69 Å². The normalized spacial score (nSPS) is 17.5. The first kappa shape index (κ1) is 23.2. The quantitative estimate of drug-likeness (QED) is 0.248. The minimum atomic E-state index is -0.953. The maximum Gasteiger partial charge on any atom is 0.300 e. The van der Waals surface area contributed by atoms with Gasteiger partial charge in [0.25, 0.3) is 11.7 Å². The molecule has 0 bridgehead atoms. The Balaban J connectivity index is 2.00. The smallest absolute Gasteiger partial charge is 0.300 e. The van der Waals surface area contributed by atoms with Crippen molar-refractivity contribution in [2.45, 2.75) is 13.0 Å². The van der Waals surface area contributed by atoms with Gasteiger partial charge in [-0.3, -0.25) is 14.5 Å². The number of benzene rings is 3. The Labute approximate surface area is 205 Å². The number of aliphatic hydroxyl groups is 1. The van der Waals surface area contributed by atoms with Crippen LogP contribution in [0, 0.1) is 6.92 Å². The van der Waals surface area contributed by atoms with Crippen molar-refractivity contribution in [3.05, 3.63) is 98.0 Å². The van der Waals surface area contributed by atoms with Crippen molar-refractivity contribution in [2.75, 3.05) is 12.0 Å². The van der Waals surface area contributed by atoms with E-state index in [2.05, 4.69) is 0 Å². The Hall–Kier alpha value is -2.99. The van der Waals surface area contributed by atoms with Gasteiger partial charge < -0.3 is 9.84 Å². The van der Waals surface area contributed by atoms with E-state index in [0.29, 0.717) is 27.0 Å². The summed E-state index contributed by atoms with van der Waals surface area (Å²) in [6.45, 7) is 1.92. The summed E-state index contributed by atoms with van der Waals surface area (Å²) in [5.41, 5.74) is 2.07. The Morgan fingerprint density at radius 3 is 2.27 bits per heavy atom. The summed E-state index contributed by atoms with van der Waals surface area (Å²) >= 11 is 18.5. The van der Waals surface area contributed by atoms with E-state index < -0.39 is 23.5 Å². The first-order valence-corrected chi connectivity index (χ1v) is 11.0. The van der Waals surface area contributed by atoms with Crippen molar-refractivity contribution >= 4 is 57.9 Å². The van der Waals surface area contributed by atoms with E-state index in [1.165, 1.54) is 18.1 Å². The number of aryl methyl sites for hydroxylation is 1. The van der Waals surface area contributed by atoms with Crippen molar-refractivity contribution in [1.29, 1.82) is 0 Å². The molecule has 1 atom stereocenters. The molecule has 1 amide bonds. The van der Waals surface area contributed by atoms with Crippen molar-refractivity contribution in [3.8, 4) is 5.75 Å². The van der Waals surface area contributed by atoms with Gasteiger partial charge in [-0.05, 0) is 55.0 Å². The van der Waals surface area contributed by atoms with Crippen LogP contribution in [0.5, 0.6) is 5.75 Å². The molecular formula is C25H18Cl3NO4. The van der Waals surface area contributed by atoms with Crippen molar-refractivity contribution in [3.63, 3.8) is 0 Å². The molecule has 1 unspecified atom stereocenters. The number of rotatable bonds is 4. The third kappa shape index (κ3) is 4.20. The number of nitrogens with zero attached hydrogens (tertiary/aromatic N) is 1. The van der Waals surface area contributed by atoms with Crippen LogP contribution >= 0.6 is 34.8 Å². The lowest BCUT2D eigenvalue weighted by atomic mass is 9.94. The molecule has 1 aliphatic rings. The second-order valence-corrected chi connectivity index (χ2v) is 8.77. The average Bonchev–Trinajstić information content (AvgIpc) is 3.06. The summed E-state index contributed by atoms with van der Waals surface area (Å²) in [6.07, 6.45) is 0. The molecule has 0 aliphatic carbocycles. The summed E-state index contributed by atoms with van der Waals surface area (Å²) in [6, 6.07) is 15.6. The first-order chi connectivity index (χ1) is 15.7. The number of methoxy groups -OCH3 is 1. The molecule has 0 spiro atoms. The van der Waals surface area contributed by atoms with E-state index in [0.717, 1.165) is 5.56 Å². The lowest BCUT2D eigenvalue weighted by Gasteiger charge is -2.26. The zero-order valence-corrected chi connectivity index (χ0v) is 19.9.